The van der Waals surface area contributed by atoms with Gasteiger partial charge in [0.05, 0.1) is 19.1 Å². The summed E-state index contributed by atoms with van der Waals surface area (Å²) in [7, 11) is 3.17. The first-order valence-electron chi connectivity index (χ1n) is 5.21. The molecule has 1 heterocycles. The molecule has 0 bridgehead atoms. The Morgan fingerprint density at radius 3 is 2.61 bits per heavy atom. The van der Waals surface area contributed by atoms with Crippen LogP contribution < -0.4 is 15.2 Å². The van der Waals surface area contributed by atoms with Gasteiger partial charge in [0.1, 0.15) is 17.1 Å². The SMILES string of the molecule is COc1ccccc1Sc1ncnc(N)c1OC. The van der Waals surface area contributed by atoms with E-state index in [-0.39, 0.29) is 0 Å². The van der Waals surface area contributed by atoms with Gasteiger partial charge in [-0.05, 0) is 12.1 Å². The van der Waals surface area contributed by atoms with Crippen molar-refractivity contribution in [3.05, 3.63) is 30.6 Å². The zero-order valence-corrected chi connectivity index (χ0v) is 10.9. The van der Waals surface area contributed by atoms with Crippen molar-refractivity contribution >= 4 is 17.6 Å². The van der Waals surface area contributed by atoms with Gasteiger partial charge in [-0.25, -0.2) is 9.97 Å². The summed E-state index contributed by atoms with van der Waals surface area (Å²) in [4.78, 5) is 9.01. The highest BCUT2D eigenvalue weighted by molar-refractivity contribution is 7.99. The van der Waals surface area contributed by atoms with Gasteiger partial charge < -0.3 is 15.2 Å². The summed E-state index contributed by atoms with van der Waals surface area (Å²) < 4.78 is 10.5. The number of para-hydroxylation sites is 1. The number of nitrogen functional groups attached to an aromatic ring is 1. The molecule has 0 spiro atoms. The van der Waals surface area contributed by atoms with E-state index in [1.807, 2.05) is 24.3 Å². The molecule has 0 fully saturated rings. The van der Waals surface area contributed by atoms with Gasteiger partial charge in [0.2, 0.25) is 0 Å². The minimum atomic E-state index is 0.324. The molecule has 6 heteroatoms. The van der Waals surface area contributed by atoms with Crippen LogP contribution in [-0.4, -0.2) is 24.2 Å². The molecule has 0 aliphatic heterocycles. The highest BCUT2D eigenvalue weighted by atomic mass is 32.2. The molecular formula is C12H13N3O2S. The molecule has 1 aromatic carbocycles. The lowest BCUT2D eigenvalue weighted by Crippen LogP contribution is -1.99. The Hall–Kier alpha value is -1.95. The summed E-state index contributed by atoms with van der Waals surface area (Å²) in [5, 5.41) is 0.662. The topological polar surface area (TPSA) is 70.3 Å². The molecule has 0 amide bonds. The molecule has 0 saturated carbocycles. The summed E-state index contributed by atoms with van der Waals surface area (Å²) in [5.74, 6) is 1.58. The first-order chi connectivity index (χ1) is 8.76. The number of anilines is 1. The summed E-state index contributed by atoms with van der Waals surface area (Å²) in [5.41, 5.74) is 5.74. The number of methoxy groups -OCH3 is 2. The van der Waals surface area contributed by atoms with Gasteiger partial charge in [0.25, 0.3) is 0 Å². The summed E-state index contributed by atoms with van der Waals surface area (Å²) in [6.45, 7) is 0. The van der Waals surface area contributed by atoms with E-state index in [0.717, 1.165) is 10.6 Å². The predicted molar refractivity (Wildman–Crippen MR) is 70.1 cm³/mol. The molecule has 5 nitrogen and oxygen atoms in total. The van der Waals surface area contributed by atoms with Crippen molar-refractivity contribution in [3.8, 4) is 11.5 Å². The fraction of sp³-hybridized carbons (Fsp3) is 0.167. The van der Waals surface area contributed by atoms with Crippen LogP contribution in [-0.2, 0) is 0 Å². The van der Waals surface area contributed by atoms with E-state index in [2.05, 4.69) is 9.97 Å². The molecule has 0 atom stereocenters. The Bertz CT molecular complexity index is 549. The van der Waals surface area contributed by atoms with E-state index in [0.29, 0.717) is 16.6 Å². The van der Waals surface area contributed by atoms with Crippen molar-refractivity contribution in [1.82, 2.24) is 9.97 Å². The molecule has 94 valence electrons. The monoisotopic (exact) mass is 263 g/mol. The number of nitrogens with two attached hydrogens (primary N) is 1. The fourth-order valence-corrected chi connectivity index (χ4v) is 2.43. The molecular weight excluding hydrogens is 250 g/mol. The Morgan fingerprint density at radius 2 is 1.89 bits per heavy atom. The molecule has 0 aliphatic rings. The zero-order valence-electron chi connectivity index (χ0n) is 10.1. The van der Waals surface area contributed by atoms with Gasteiger partial charge in [0.15, 0.2) is 11.6 Å². The standard InChI is InChI=1S/C12H13N3O2S/c1-16-8-5-3-4-6-9(8)18-12-10(17-2)11(13)14-7-15-12/h3-7H,1-2H3,(H2,13,14,15). The van der Waals surface area contributed by atoms with Gasteiger partial charge in [-0.2, -0.15) is 0 Å². The molecule has 0 radical (unpaired) electrons. The Labute approximate surface area is 109 Å². The third-order valence-electron chi connectivity index (χ3n) is 2.28. The van der Waals surface area contributed by atoms with Gasteiger partial charge in [0, 0.05) is 0 Å². The summed E-state index contributed by atoms with van der Waals surface area (Å²) in [6, 6.07) is 7.68. The van der Waals surface area contributed by atoms with E-state index in [1.165, 1.54) is 18.1 Å². The Morgan fingerprint density at radius 1 is 1.11 bits per heavy atom. The Balaban J connectivity index is 2.37. The normalized spacial score (nSPS) is 10.1. The lowest BCUT2D eigenvalue weighted by atomic mass is 10.3. The van der Waals surface area contributed by atoms with Crippen molar-refractivity contribution in [1.29, 1.82) is 0 Å². The third kappa shape index (κ3) is 2.48. The average molecular weight is 263 g/mol. The second-order valence-corrected chi connectivity index (χ2v) is 4.38. The predicted octanol–water partition coefficient (Wildman–Crippen LogP) is 2.23. The average Bonchev–Trinajstić information content (AvgIpc) is 2.40. The van der Waals surface area contributed by atoms with Gasteiger partial charge >= 0.3 is 0 Å². The van der Waals surface area contributed by atoms with Crippen LogP contribution in [0.3, 0.4) is 0 Å². The van der Waals surface area contributed by atoms with Crippen LogP contribution in [0.25, 0.3) is 0 Å². The molecule has 0 unspecified atom stereocenters. The Kier molecular flexibility index (Phi) is 3.88. The number of aromatic nitrogens is 2. The van der Waals surface area contributed by atoms with E-state index < -0.39 is 0 Å². The van der Waals surface area contributed by atoms with E-state index in [4.69, 9.17) is 15.2 Å². The van der Waals surface area contributed by atoms with Crippen molar-refractivity contribution in [3.63, 3.8) is 0 Å². The molecule has 18 heavy (non-hydrogen) atoms. The molecule has 1 aromatic heterocycles. The first-order valence-corrected chi connectivity index (χ1v) is 6.03. The van der Waals surface area contributed by atoms with Crippen molar-refractivity contribution in [2.24, 2.45) is 0 Å². The number of nitrogens with zero attached hydrogens (tertiary/aromatic N) is 2. The van der Waals surface area contributed by atoms with Crippen LogP contribution in [0.1, 0.15) is 0 Å². The van der Waals surface area contributed by atoms with E-state index >= 15 is 0 Å². The highest BCUT2D eigenvalue weighted by Crippen LogP contribution is 2.39. The molecule has 2 aromatic rings. The number of hydrogen-bond acceptors (Lipinski definition) is 6. The summed E-state index contributed by atoms with van der Waals surface area (Å²) in [6.07, 6.45) is 1.41. The van der Waals surface area contributed by atoms with E-state index in [9.17, 15) is 0 Å². The quantitative estimate of drug-likeness (QED) is 0.853. The van der Waals surface area contributed by atoms with Crippen molar-refractivity contribution < 1.29 is 9.47 Å². The minimum Gasteiger partial charge on any atom is -0.496 e. The van der Waals surface area contributed by atoms with Crippen LogP contribution in [0.2, 0.25) is 0 Å². The third-order valence-corrected chi connectivity index (χ3v) is 3.32. The van der Waals surface area contributed by atoms with Crippen LogP contribution in [0, 0.1) is 0 Å². The second kappa shape index (κ2) is 5.59. The van der Waals surface area contributed by atoms with Crippen LogP contribution >= 0.6 is 11.8 Å². The van der Waals surface area contributed by atoms with Gasteiger partial charge in [-0.15, -0.1) is 0 Å². The van der Waals surface area contributed by atoms with Crippen molar-refractivity contribution in [2.75, 3.05) is 20.0 Å². The molecule has 2 N–H and O–H groups in total. The fourth-order valence-electron chi connectivity index (χ4n) is 1.44. The number of benzene rings is 1. The van der Waals surface area contributed by atoms with Crippen molar-refractivity contribution in [2.45, 2.75) is 9.92 Å². The van der Waals surface area contributed by atoms with Gasteiger partial charge in [-0.1, -0.05) is 23.9 Å². The lowest BCUT2D eigenvalue weighted by Gasteiger charge is -2.10. The maximum absolute atomic E-state index is 5.74. The van der Waals surface area contributed by atoms with E-state index in [1.54, 1.807) is 14.2 Å². The van der Waals surface area contributed by atoms with Crippen LogP contribution in [0.15, 0.2) is 40.5 Å². The largest absolute Gasteiger partial charge is 0.496 e. The maximum atomic E-state index is 5.74. The lowest BCUT2D eigenvalue weighted by molar-refractivity contribution is 0.399. The van der Waals surface area contributed by atoms with Crippen LogP contribution in [0.4, 0.5) is 5.82 Å². The van der Waals surface area contributed by atoms with Gasteiger partial charge in [-0.3, -0.25) is 0 Å². The van der Waals surface area contributed by atoms with Crippen LogP contribution in [0.5, 0.6) is 11.5 Å². The number of rotatable bonds is 4. The molecule has 2 rings (SSSR count). The number of hydrogen-bond donors (Lipinski definition) is 1. The molecule has 0 saturated heterocycles. The summed E-state index contributed by atoms with van der Waals surface area (Å²) >= 11 is 1.42. The highest BCUT2D eigenvalue weighted by Gasteiger charge is 2.13. The smallest absolute Gasteiger partial charge is 0.193 e. The second-order valence-electron chi connectivity index (χ2n) is 3.35. The zero-order chi connectivity index (χ0) is 13.0. The maximum Gasteiger partial charge on any atom is 0.193 e. The molecule has 0 aliphatic carbocycles. The first kappa shape index (κ1) is 12.5. The number of ether oxygens (including phenoxy) is 2. The minimum absolute atomic E-state index is 0.324.